The fourth-order valence-corrected chi connectivity index (χ4v) is 2.65. The van der Waals surface area contributed by atoms with Crippen LogP contribution in [-0.4, -0.2) is 35.1 Å². The van der Waals surface area contributed by atoms with Crippen LogP contribution in [0.25, 0.3) is 0 Å². The Labute approximate surface area is 108 Å². The van der Waals surface area contributed by atoms with Crippen LogP contribution in [0.1, 0.15) is 19.8 Å². The summed E-state index contributed by atoms with van der Waals surface area (Å²) in [6.45, 7) is 5.80. The molecule has 1 fully saturated rings. The van der Waals surface area contributed by atoms with Crippen molar-refractivity contribution in [2.24, 2.45) is 11.7 Å². The van der Waals surface area contributed by atoms with Gasteiger partial charge in [-0.15, -0.1) is 0 Å². The van der Waals surface area contributed by atoms with Crippen molar-refractivity contribution in [2.45, 2.75) is 32.4 Å². The minimum absolute atomic E-state index is 0.0811. The first-order chi connectivity index (χ1) is 8.70. The van der Waals surface area contributed by atoms with Crippen LogP contribution in [0, 0.1) is 5.92 Å². The van der Waals surface area contributed by atoms with Gasteiger partial charge in [0.05, 0.1) is 0 Å². The second-order valence-corrected chi connectivity index (χ2v) is 5.26. The first-order valence-electron chi connectivity index (χ1n) is 6.80. The van der Waals surface area contributed by atoms with Crippen LogP contribution in [-0.2, 0) is 6.54 Å². The Kier molecular flexibility index (Phi) is 4.55. The van der Waals surface area contributed by atoms with E-state index in [1.165, 1.54) is 12.8 Å². The Morgan fingerprint density at radius 1 is 1.33 bits per heavy atom. The molecule has 1 aromatic rings. The highest BCUT2D eigenvalue weighted by molar-refractivity contribution is 4.93. The van der Waals surface area contributed by atoms with Gasteiger partial charge < -0.3 is 10.3 Å². The summed E-state index contributed by atoms with van der Waals surface area (Å²) in [6, 6.07) is 5.91. The van der Waals surface area contributed by atoms with E-state index in [0.29, 0.717) is 12.0 Å². The van der Waals surface area contributed by atoms with Gasteiger partial charge in [-0.2, -0.15) is 0 Å². The number of aromatic nitrogens is 1. The molecule has 2 heterocycles. The number of likely N-dealkylation sites (tertiary alicyclic amines) is 1. The fraction of sp³-hybridized carbons (Fsp3) is 0.643. The van der Waals surface area contributed by atoms with Crippen LogP contribution in [0.2, 0.25) is 0 Å². The molecular weight excluding hydrogens is 226 g/mol. The lowest BCUT2D eigenvalue weighted by Gasteiger charge is -2.37. The van der Waals surface area contributed by atoms with Crippen molar-refractivity contribution >= 4 is 0 Å². The second-order valence-electron chi connectivity index (χ2n) is 5.26. The molecule has 4 heteroatoms. The average Bonchev–Trinajstić information content (AvgIpc) is 2.39. The van der Waals surface area contributed by atoms with E-state index >= 15 is 0 Å². The largest absolute Gasteiger partial charge is 0.330 e. The summed E-state index contributed by atoms with van der Waals surface area (Å²) in [4.78, 5) is 14.1. The van der Waals surface area contributed by atoms with Crippen LogP contribution < -0.4 is 11.3 Å². The lowest BCUT2D eigenvalue weighted by molar-refractivity contribution is 0.116. The standard InChI is InChI=1S/C14H23N3O/c1-12-5-6-13(10-15)11-17(12)9-8-16-7-3-2-4-14(16)18/h2-4,7,12-13H,5-6,8-11,15H2,1H3. The molecule has 100 valence electrons. The minimum Gasteiger partial charge on any atom is -0.330 e. The van der Waals surface area contributed by atoms with E-state index in [2.05, 4.69) is 11.8 Å². The van der Waals surface area contributed by atoms with Crippen molar-refractivity contribution in [2.75, 3.05) is 19.6 Å². The molecule has 0 saturated carbocycles. The average molecular weight is 249 g/mol. The topological polar surface area (TPSA) is 51.3 Å². The van der Waals surface area contributed by atoms with Gasteiger partial charge in [-0.05, 0) is 38.3 Å². The minimum atomic E-state index is 0.0811. The maximum absolute atomic E-state index is 11.6. The van der Waals surface area contributed by atoms with Gasteiger partial charge in [-0.25, -0.2) is 0 Å². The maximum Gasteiger partial charge on any atom is 0.250 e. The van der Waals surface area contributed by atoms with Crippen LogP contribution >= 0.6 is 0 Å². The Balaban J connectivity index is 1.93. The molecule has 4 nitrogen and oxygen atoms in total. The lowest BCUT2D eigenvalue weighted by atomic mass is 9.93. The Hall–Kier alpha value is -1.13. The smallest absolute Gasteiger partial charge is 0.250 e. The number of rotatable bonds is 4. The predicted octanol–water partition coefficient (Wildman–Crippen LogP) is 0.907. The van der Waals surface area contributed by atoms with Crippen molar-refractivity contribution in [3.63, 3.8) is 0 Å². The molecule has 18 heavy (non-hydrogen) atoms. The molecule has 1 saturated heterocycles. The first-order valence-corrected chi connectivity index (χ1v) is 6.80. The van der Waals surface area contributed by atoms with Gasteiger partial charge in [0.1, 0.15) is 0 Å². The molecule has 0 aromatic carbocycles. The van der Waals surface area contributed by atoms with Crippen LogP contribution in [0.5, 0.6) is 0 Å². The summed E-state index contributed by atoms with van der Waals surface area (Å²) in [7, 11) is 0. The van der Waals surface area contributed by atoms with E-state index in [1.807, 2.05) is 12.3 Å². The molecule has 2 N–H and O–H groups in total. The molecule has 1 aliphatic heterocycles. The van der Waals surface area contributed by atoms with Crippen LogP contribution in [0.3, 0.4) is 0 Å². The number of nitrogens with two attached hydrogens (primary N) is 1. The van der Waals surface area contributed by atoms with Crippen molar-refractivity contribution in [3.05, 3.63) is 34.7 Å². The summed E-state index contributed by atoms with van der Waals surface area (Å²) in [6.07, 6.45) is 4.31. The highest BCUT2D eigenvalue weighted by atomic mass is 16.1. The summed E-state index contributed by atoms with van der Waals surface area (Å²) in [5.41, 5.74) is 5.84. The number of hydrogen-bond donors (Lipinski definition) is 1. The SMILES string of the molecule is CC1CCC(CN)CN1CCn1ccccc1=O. The summed E-state index contributed by atoms with van der Waals surface area (Å²) < 4.78 is 1.78. The van der Waals surface area contributed by atoms with E-state index in [0.717, 1.165) is 26.2 Å². The molecule has 2 unspecified atom stereocenters. The normalized spacial score (nSPS) is 25.2. The van der Waals surface area contributed by atoms with Gasteiger partial charge in [0, 0.05) is 37.9 Å². The molecule has 0 spiro atoms. The van der Waals surface area contributed by atoms with Crippen molar-refractivity contribution in [1.82, 2.24) is 9.47 Å². The van der Waals surface area contributed by atoms with Gasteiger partial charge in [0.25, 0.3) is 5.56 Å². The number of piperidine rings is 1. The zero-order valence-electron chi connectivity index (χ0n) is 11.1. The fourth-order valence-electron chi connectivity index (χ4n) is 2.65. The summed E-state index contributed by atoms with van der Waals surface area (Å²) >= 11 is 0. The Bertz CT molecular complexity index is 429. The van der Waals surface area contributed by atoms with Crippen molar-refractivity contribution in [3.8, 4) is 0 Å². The Morgan fingerprint density at radius 3 is 2.89 bits per heavy atom. The third-order valence-electron chi connectivity index (χ3n) is 3.97. The lowest BCUT2D eigenvalue weighted by Crippen LogP contribution is -2.45. The molecule has 2 rings (SSSR count). The molecule has 0 amide bonds. The van der Waals surface area contributed by atoms with Gasteiger partial charge in [-0.3, -0.25) is 9.69 Å². The van der Waals surface area contributed by atoms with Gasteiger partial charge in [-0.1, -0.05) is 6.07 Å². The first kappa shape index (κ1) is 13.3. The van der Waals surface area contributed by atoms with Crippen LogP contribution in [0.4, 0.5) is 0 Å². The summed E-state index contributed by atoms with van der Waals surface area (Å²) in [5, 5.41) is 0. The Morgan fingerprint density at radius 2 is 2.17 bits per heavy atom. The molecule has 2 atom stereocenters. The zero-order chi connectivity index (χ0) is 13.0. The van der Waals surface area contributed by atoms with Gasteiger partial charge in [0.15, 0.2) is 0 Å². The summed E-state index contributed by atoms with van der Waals surface area (Å²) in [5.74, 6) is 0.619. The van der Waals surface area contributed by atoms with E-state index in [4.69, 9.17) is 5.73 Å². The zero-order valence-corrected chi connectivity index (χ0v) is 11.1. The molecule has 0 aliphatic carbocycles. The van der Waals surface area contributed by atoms with Crippen LogP contribution in [0.15, 0.2) is 29.2 Å². The van der Waals surface area contributed by atoms with Crippen molar-refractivity contribution in [1.29, 1.82) is 0 Å². The maximum atomic E-state index is 11.6. The second kappa shape index (κ2) is 6.16. The molecule has 0 bridgehead atoms. The van der Waals surface area contributed by atoms with E-state index < -0.39 is 0 Å². The third-order valence-corrected chi connectivity index (χ3v) is 3.97. The monoisotopic (exact) mass is 249 g/mol. The highest BCUT2D eigenvalue weighted by Gasteiger charge is 2.24. The molecular formula is C14H23N3O. The number of hydrogen-bond acceptors (Lipinski definition) is 3. The molecule has 1 aliphatic rings. The van der Waals surface area contributed by atoms with Gasteiger partial charge >= 0.3 is 0 Å². The van der Waals surface area contributed by atoms with E-state index in [9.17, 15) is 4.79 Å². The van der Waals surface area contributed by atoms with E-state index in [-0.39, 0.29) is 5.56 Å². The van der Waals surface area contributed by atoms with E-state index in [1.54, 1.807) is 16.7 Å². The van der Waals surface area contributed by atoms with Crippen molar-refractivity contribution < 1.29 is 0 Å². The molecule has 1 aromatic heterocycles. The molecule has 0 radical (unpaired) electrons. The number of nitrogens with zero attached hydrogens (tertiary/aromatic N) is 2. The predicted molar refractivity (Wildman–Crippen MR) is 73.5 cm³/mol. The quantitative estimate of drug-likeness (QED) is 0.863. The van der Waals surface area contributed by atoms with Gasteiger partial charge in [0.2, 0.25) is 0 Å². The number of pyridine rings is 1. The highest BCUT2D eigenvalue weighted by Crippen LogP contribution is 2.20. The third kappa shape index (κ3) is 3.21.